The van der Waals surface area contributed by atoms with Crippen LogP contribution in [0.2, 0.25) is 0 Å². The van der Waals surface area contributed by atoms with Crippen LogP contribution >= 0.6 is 0 Å². The Kier molecular flexibility index (Phi) is 5.17. The highest BCUT2D eigenvalue weighted by Gasteiger charge is 2.18. The maximum absolute atomic E-state index is 12.4. The van der Waals surface area contributed by atoms with Gasteiger partial charge in [-0.3, -0.25) is 4.79 Å². The second-order valence-corrected chi connectivity index (χ2v) is 5.99. The standard InChI is InChI=1S/C21H19N2O3/c1-15-7-6-10-20(16(15)2)26-21(25)18-13-23(12-11-22-18)14-19(24)17-8-4-3-5-9-17/h3-13H,14H2,1-2H3/q+1. The topological polar surface area (TPSA) is 60.1 Å². The van der Waals surface area contributed by atoms with E-state index in [0.29, 0.717) is 11.3 Å². The highest BCUT2D eigenvalue weighted by molar-refractivity contribution is 5.95. The van der Waals surface area contributed by atoms with Gasteiger partial charge in [0.05, 0.1) is 6.20 Å². The first-order valence-corrected chi connectivity index (χ1v) is 8.26. The number of hydrogen-bond donors (Lipinski definition) is 0. The quantitative estimate of drug-likeness (QED) is 0.308. The number of rotatable bonds is 5. The van der Waals surface area contributed by atoms with Crippen LogP contribution in [0.25, 0.3) is 0 Å². The van der Waals surface area contributed by atoms with Gasteiger partial charge >= 0.3 is 5.97 Å². The van der Waals surface area contributed by atoms with E-state index >= 15 is 0 Å². The van der Waals surface area contributed by atoms with Gasteiger partial charge in [-0.25, -0.2) is 9.78 Å². The van der Waals surface area contributed by atoms with Gasteiger partial charge in [0.15, 0.2) is 6.20 Å². The summed E-state index contributed by atoms with van der Waals surface area (Å²) in [6, 6.07) is 14.6. The molecule has 5 nitrogen and oxygen atoms in total. The Morgan fingerprint density at radius 2 is 1.81 bits per heavy atom. The number of benzene rings is 2. The maximum Gasteiger partial charge on any atom is 0.368 e. The smallest absolute Gasteiger partial charge is 0.368 e. The minimum Gasteiger partial charge on any atom is -0.421 e. The fourth-order valence-electron chi connectivity index (χ4n) is 2.50. The summed E-state index contributed by atoms with van der Waals surface area (Å²) in [4.78, 5) is 28.8. The van der Waals surface area contributed by atoms with Crippen LogP contribution in [0.5, 0.6) is 5.75 Å². The lowest BCUT2D eigenvalue weighted by Crippen LogP contribution is -2.38. The van der Waals surface area contributed by atoms with Crippen molar-refractivity contribution in [1.29, 1.82) is 0 Å². The molecule has 0 amide bonds. The van der Waals surface area contributed by atoms with E-state index in [0.717, 1.165) is 11.1 Å². The molecule has 0 atom stereocenters. The summed E-state index contributed by atoms with van der Waals surface area (Å²) in [6.07, 6.45) is 4.65. The minimum absolute atomic E-state index is 0.0457. The molecule has 0 aliphatic carbocycles. The van der Waals surface area contributed by atoms with Crippen LogP contribution in [0.4, 0.5) is 0 Å². The van der Waals surface area contributed by atoms with Crippen molar-refractivity contribution < 1.29 is 18.9 Å². The second kappa shape index (κ2) is 7.70. The lowest BCUT2D eigenvalue weighted by atomic mass is 10.1. The summed E-state index contributed by atoms with van der Waals surface area (Å²) in [5, 5.41) is 0. The molecule has 0 unspecified atom stereocenters. The molecule has 2 aromatic carbocycles. The first-order valence-electron chi connectivity index (χ1n) is 8.26. The van der Waals surface area contributed by atoms with Crippen LogP contribution in [-0.4, -0.2) is 16.7 Å². The molecule has 3 rings (SSSR count). The third-order valence-electron chi connectivity index (χ3n) is 4.15. The van der Waals surface area contributed by atoms with Crippen LogP contribution in [0.15, 0.2) is 67.1 Å². The summed E-state index contributed by atoms with van der Waals surface area (Å²) < 4.78 is 7.08. The monoisotopic (exact) mass is 347 g/mol. The Labute approximate surface area is 151 Å². The van der Waals surface area contributed by atoms with Crippen molar-refractivity contribution in [3.63, 3.8) is 0 Å². The Morgan fingerprint density at radius 1 is 1.04 bits per heavy atom. The molecular formula is C21H19N2O3+. The zero-order valence-electron chi connectivity index (χ0n) is 14.7. The van der Waals surface area contributed by atoms with E-state index in [9.17, 15) is 9.59 Å². The van der Waals surface area contributed by atoms with E-state index < -0.39 is 5.97 Å². The first-order chi connectivity index (χ1) is 12.5. The molecule has 3 aromatic rings. The predicted octanol–water partition coefficient (Wildman–Crippen LogP) is 3.09. The third kappa shape index (κ3) is 4.00. The predicted molar refractivity (Wildman–Crippen MR) is 96.1 cm³/mol. The molecule has 0 saturated heterocycles. The molecule has 5 heteroatoms. The summed E-state index contributed by atoms with van der Waals surface area (Å²) in [7, 11) is 0. The van der Waals surface area contributed by atoms with Crippen molar-refractivity contribution >= 4 is 11.8 Å². The number of esters is 1. The van der Waals surface area contributed by atoms with Crippen molar-refractivity contribution in [1.82, 2.24) is 4.98 Å². The van der Waals surface area contributed by atoms with Crippen molar-refractivity contribution in [3.8, 4) is 5.75 Å². The van der Waals surface area contributed by atoms with E-state index in [2.05, 4.69) is 4.98 Å². The van der Waals surface area contributed by atoms with Crippen molar-refractivity contribution in [2.45, 2.75) is 20.4 Å². The molecule has 0 fully saturated rings. The second-order valence-electron chi connectivity index (χ2n) is 5.99. The molecule has 1 heterocycles. The molecule has 0 N–H and O–H groups in total. The van der Waals surface area contributed by atoms with Gasteiger partial charge in [-0.15, -0.1) is 0 Å². The largest absolute Gasteiger partial charge is 0.421 e. The van der Waals surface area contributed by atoms with Crippen LogP contribution < -0.4 is 9.30 Å². The van der Waals surface area contributed by atoms with E-state index in [-0.39, 0.29) is 18.0 Å². The number of carbonyl (C=O) groups excluding carboxylic acids is 2. The van der Waals surface area contributed by atoms with Crippen molar-refractivity contribution in [3.05, 3.63) is 89.5 Å². The number of ether oxygens (including phenoxy) is 1. The highest BCUT2D eigenvalue weighted by atomic mass is 16.5. The van der Waals surface area contributed by atoms with Gasteiger partial charge in [0.1, 0.15) is 5.75 Å². The first kappa shape index (κ1) is 17.5. The number of ketones is 1. The zero-order chi connectivity index (χ0) is 18.5. The molecule has 130 valence electrons. The zero-order valence-corrected chi connectivity index (χ0v) is 14.7. The lowest BCUT2D eigenvalue weighted by molar-refractivity contribution is -0.683. The SMILES string of the molecule is Cc1cccc(OC(=O)c2c[n+](CC(=O)c3ccccc3)ccn2)c1C. The summed E-state index contributed by atoms with van der Waals surface area (Å²) in [6.45, 7) is 3.97. The summed E-state index contributed by atoms with van der Waals surface area (Å²) in [5.41, 5.74) is 2.72. The van der Waals surface area contributed by atoms with Crippen LogP contribution in [0, 0.1) is 13.8 Å². The van der Waals surface area contributed by atoms with Gasteiger partial charge in [0, 0.05) is 5.56 Å². The molecule has 0 radical (unpaired) electrons. The number of hydrogen-bond acceptors (Lipinski definition) is 4. The number of aryl methyl sites for hydroxylation is 1. The highest BCUT2D eigenvalue weighted by Crippen LogP contribution is 2.21. The molecule has 0 aliphatic heterocycles. The number of nitrogens with zero attached hydrogens (tertiary/aromatic N) is 2. The average molecular weight is 347 g/mol. The lowest BCUT2D eigenvalue weighted by Gasteiger charge is -2.08. The van der Waals surface area contributed by atoms with Gasteiger partial charge in [-0.2, -0.15) is 4.57 Å². The van der Waals surface area contributed by atoms with Gasteiger partial charge in [-0.05, 0) is 31.0 Å². The van der Waals surface area contributed by atoms with Gasteiger partial charge in [0.25, 0.3) is 0 Å². The van der Waals surface area contributed by atoms with Crippen molar-refractivity contribution in [2.75, 3.05) is 0 Å². The average Bonchev–Trinajstić information content (AvgIpc) is 2.66. The summed E-state index contributed by atoms with van der Waals surface area (Å²) >= 11 is 0. The number of carbonyl (C=O) groups is 2. The van der Waals surface area contributed by atoms with Crippen LogP contribution in [0.1, 0.15) is 32.0 Å². The molecule has 0 spiro atoms. The summed E-state index contributed by atoms with van der Waals surface area (Å²) in [5.74, 6) is -0.0941. The van der Waals surface area contributed by atoms with E-state index in [4.69, 9.17) is 4.74 Å². The maximum atomic E-state index is 12.4. The Balaban J connectivity index is 1.75. The minimum atomic E-state index is -0.555. The van der Waals surface area contributed by atoms with E-state index in [1.54, 1.807) is 29.0 Å². The van der Waals surface area contributed by atoms with E-state index in [1.165, 1.54) is 12.4 Å². The molecule has 0 saturated carbocycles. The van der Waals surface area contributed by atoms with Crippen LogP contribution in [-0.2, 0) is 6.54 Å². The molecule has 1 aromatic heterocycles. The molecular weight excluding hydrogens is 328 g/mol. The van der Waals surface area contributed by atoms with Gasteiger partial charge in [0.2, 0.25) is 24.2 Å². The van der Waals surface area contributed by atoms with Gasteiger partial charge < -0.3 is 4.74 Å². The fourth-order valence-corrected chi connectivity index (χ4v) is 2.50. The normalized spacial score (nSPS) is 10.4. The Bertz CT molecular complexity index is 952. The Morgan fingerprint density at radius 3 is 2.58 bits per heavy atom. The Hall–Kier alpha value is -3.34. The molecule has 0 aliphatic rings. The fraction of sp³-hybridized carbons (Fsp3) is 0.143. The molecule has 0 bridgehead atoms. The van der Waals surface area contributed by atoms with Gasteiger partial charge in [-0.1, -0.05) is 42.5 Å². The third-order valence-corrected chi connectivity index (χ3v) is 4.15. The van der Waals surface area contributed by atoms with Crippen LogP contribution in [0.3, 0.4) is 0 Å². The number of Topliss-reactive ketones (excluding diaryl/α,β-unsaturated/α-hetero) is 1. The molecule has 26 heavy (non-hydrogen) atoms. The van der Waals surface area contributed by atoms with Crippen molar-refractivity contribution in [2.24, 2.45) is 0 Å². The van der Waals surface area contributed by atoms with E-state index in [1.807, 2.05) is 44.2 Å². The number of aromatic nitrogens is 2.